The monoisotopic (exact) mass is 432 g/mol. The minimum absolute atomic E-state index is 0.0423. The van der Waals surface area contributed by atoms with Gasteiger partial charge in [-0.3, -0.25) is 4.79 Å². The number of rotatable bonds is 6. The van der Waals surface area contributed by atoms with E-state index in [4.69, 9.17) is 11.6 Å². The lowest BCUT2D eigenvalue weighted by Crippen LogP contribution is -2.23. The minimum Gasteiger partial charge on any atom is -0.325 e. The molecule has 1 amide bonds. The maximum atomic E-state index is 13.0. The topological polar surface area (TPSA) is 59.8 Å². The lowest BCUT2D eigenvalue weighted by molar-refractivity contribution is -0.137. The van der Waals surface area contributed by atoms with Gasteiger partial charge in [0.05, 0.1) is 15.8 Å². The second-order valence-corrected chi connectivity index (χ2v) is 8.75. The van der Waals surface area contributed by atoms with E-state index in [2.05, 4.69) is 20.1 Å². The minimum atomic E-state index is -4.59. The second kappa shape index (κ2) is 7.94. The fourth-order valence-electron chi connectivity index (χ4n) is 2.71. The highest BCUT2D eigenvalue weighted by molar-refractivity contribution is 8.00. The Kier molecular flexibility index (Phi) is 5.95. The van der Waals surface area contributed by atoms with Gasteiger partial charge < -0.3 is 9.88 Å². The Bertz CT molecular complexity index is 880. The summed E-state index contributed by atoms with van der Waals surface area (Å²) in [6.07, 6.45) is -2.49. The summed E-state index contributed by atoms with van der Waals surface area (Å²) in [5.74, 6) is 0.670. The molecule has 1 aliphatic rings. The first-order chi connectivity index (χ1) is 13.1. The number of hydrogen-bond donors (Lipinski definition) is 1. The number of nitrogens with zero attached hydrogens (tertiary/aromatic N) is 3. The standard InChI is InChI=1S/C18H20ClF3N4OS/c1-9(2)15-24-25-17(26(15)12-5-6-12)28-10(3)16(27)23-11-4-7-14(19)13(8-11)18(20,21)22/h4,7-10,12H,5-6H2,1-3H3,(H,23,27). The molecule has 5 nitrogen and oxygen atoms in total. The smallest absolute Gasteiger partial charge is 0.325 e. The zero-order valence-electron chi connectivity index (χ0n) is 15.5. The first-order valence-corrected chi connectivity index (χ1v) is 10.1. The third kappa shape index (κ3) is 4.63. The van der Waals surface area contributed by atoms with E-state index in [0.717, 1.165) is 30.8 Å². The Morgan fingerprint density at radius 1 is 1.29 bits per heavy atom. The molecule has 10 heteroatoms. The Morgan fingerprint density at radius 2 is 1.96 bits per heavy atom. The lowest BCUT2D eigenvalue weighted by atomic mass is 10.2. The van der Waals surface area contributed by atoms with E-state index >= 15 is 0 Å². The lowest BCUT2D eigenvalue weighted by Gasteiger charge is -2.15. The highest BCUT2D eigenvalue weighted by atomic mass is 35.5. The van der Waals surface area contributed by atoms with Crippen LogP contribution in [0.2, 0.25) is 5.02 Å². The van der Waals surface area contributed by atoms with Crippen LogP contribution in [0.3, 0.4) is 0 Å². The van der Waals surface area contributed by atoms with Crippen LogP contribution in [0.15, 0.2) is 23.4 Å². The number of aromatic nitrogens is 3. The number of hydrogen-bond acceptors (Lipinski definition) is 4. The van der Waals surface area contributed by atoms with Gasteiger partial charge in [0.2, 0.25) is 5.91 Å². The molecule has 1 heterocycles. The van der Waals surface area contributed by atoms with Crippen molar-refractivity contribution in [2.75, 3.05) is 5.32 Å². The first-order valence-electron chi connectivity index (χ1n) is 8.87. The number of halogens is 4. The van der Waals surface area contributed by atoms with E-state index in [1.807, 2.05) is 13.8 Å². The van der Waals surface area contributed by atoms with Gasteiger partial charge in [-0.1, -0.05) is 37.2 Å². The number of amides is 1. The molecule has 2 aromatic rings. The highest BCUT2D eigenvalue weighted by Gasteiger charge is 2.34. The third-order valence-corrected chi connectivity index (χ3v) is 5.70. The van der Waals surface area contributed by atoms with Gasteiger partial charge in [0.25, 0.3) is 0 Å². The van der Waals surface area contributed by atoms with Gasteiger partial charge in [0.1, 0.15) is 5.82 Å². The molecule has 1 fully saturated rings. The van der Waals surface area contributed by atoms with Gasteiger partial charge in [-0.25, -0.2) is 0 Å². The molecule has 0 bridgehead atoms. The van der Waals surface area contributed by atoms with Gasteiger partial charge >= 0.3 is 6.18 Å². The zero-order chi connectivity index (χ0) is 20.6. The van der Waals surface area contributed by atoms with Crippen molar-refractivity contribution >= 4 is 35.0 Å². The molecule has 152 valence electrons. The van der Waals surface area contributed by atoms with Crippen LogP contribution in [0.4, 0.5) is 18.9 Å². The van der Waals surface area contributed by atoms with Gasteiger partial charge in [0, 0.05) is 17.6 Å². The average Bonchev–Trinajstić information content (AvgIpc) is 3.35. The number of carbonyl (C=O) groups excluding carboxylic acids is 1. The third-order valence-electron chi connectivity index (χ3n) is 4.31. The Morgan fingerprint density at radius 3 is 2.54 bits per heavy atom. The molecule has 1 aromatic heterocycles. The van der Waals surface area contributed by atoms with Crippen molar-refractivity contribution in [1.29, 1.82) is 0 Å². The van der Waals surface area contributed by atoms with Crippen molar-refractivity contribution in [1.82, 2.24) is 14.8 Å². The molecular formula is C18H20ClF3N4OS. The van der Waals surface area contributed by atoms with Crippen LogP contribution in [0.1, 0.15) is 57.0 Å². The van der Waals surface area contributed by atoms with E-state index < -0.39 is 27.9 Å². The van der Waals surface area contributed by atoms with E-state index in [-0.39, 0.29) is 11.6 Å². The molecule has 0 aliphatic heterocycles. The summed E-state index contributed by atoms with van der Waals surface area (Å²) >= 11 is 6.86. The normalized spacial score (nSPS) is 15.7. The molecule has 1 atom stereocenters. The largest absolute Gasteiger partial charge is 0.417 e. The maximum absolute atomic E-state index is 13.0. The molecular weight excluding hydrogens is 413 g/mol. The van der Waals surface area contributed by atoms with E-state index in [1.165, 1.54) is 17.8 Å². The van der Waals surface area contributed by atoms with E-state index in [9.17, 15) is 18.0 Å². The Hall–Kier alpha value is -1.74. The van der Waals surface area contributed by atoms with Gasteiger partial charge in [-0.15, -0.1) is 10.2 Å². The number of nitrogens with one attached hydrogen (secondary N) is 1. The maximum Gasteiger partial charge on any atom is 0.417 e. The Balaban J connectivity index is 1.73. The number of anilines is 1. The molecule has 3 rings (SSSR count). The summed E-state index contributed by atoms with van der Waals surface area (Å²) in [7, 11) is 0. The number of alkyl halides is 3. The molecule has 0 spiro atoms. The van der Waals surface area contributed by atoms with E-state index in [1.54, 1.807) is 6.92 Å². The molecule has 0 radical (unpaired) electrons. The highest BCUT2D eigenvalue weighted by Crippen LogP contribution is 2.41. The number of thioether (sulfide) groups is 1. The van der Waals surface area contributed by atoms with Crippen LogP contribution in [0, 0.1) is 0 Å². The quantitative estimate of drug-likeness (QED) is 0.610. The predicted molar refractivity (Wildman–Crippen MR) is 103 cm³/mol. The van der Waals surface area contributed by atoms with Crippen LogP contribution in [-0.4, -0.2) is 25.9 Å². The van der Waals surface area contributed by atoms with Crippen molar-refractivity contribution in [3.8, 4) is 0 Å². The van der Waals surface area contributed by atoms with Crippen molar-refractivity contribution in [2.45, 2.75) is 62.2 Å². The summed E-state index contributed by atoms with van der Waals surface area (Å²) in [5, 5.41) is 10.7. The summed E-state index contributed by atoms with van der Waals surface area (Å²) in [6, 6.07) is 3.66. The summed E-state index contributed by atoms with van der Waals surface area (Å²) < 4.78 is 41.0. The molecule has 1 aliphatic carbocycles. The van der Waals surface area contributed by atoms with Gasteiger partial charge in [-0.05, 0) is 38.0 Å². The van der Waals surface area contributed by atoms with Crippen molar-refractivity contribution in [3.63, 3.8) is 0 Å². The first kappa shape index (κ1) is 21.0. The van der Waals surface area contributed by atoms with E-state index in [0.29, 0.717) is 11.2 Å². The Labute approximate surface area is 170 Å². The van der Waals surface area contributed by atoms with Gasteiger partial charge in [0.15, 0.2) is 5.16 Å². The van der Waals surface area contributed by atoms with Crippen LogP contribution in [0.5, 0.6) is 0 Å². The molecule has 1 saturated carbocycles. The summed E-state index contributed by atoms with van der Waals surface area (Å²) in [4.78, 5) is 12.5. The van der Waals surface area contributed by atoms with Crippen molar-refractivity contribution in [2.24, 2.45) is 0 Å². The molecule has 1 unspecified atom stereocenters. The molecule has 0 saturated heterocycles. The van der Waals surface area contributed by atoms with Gasteiger partial charge in [-0.2, -0.15) is 13.2 Å². The molecule has 28 heavy (non-hydrogen) atoms. The summed E-state index contributed by atoms with van der Waals surface area (Å²) in [6.45, 7) is 5.75. The van der Waals surface area contributed by atoms with Crippen LogP contribution in [-0.2, 0) is 11.0 Å². The average molecular weight is 433 g/mol. The number of carbonyl (C=O) groups is 1. The fraction of sp³-hybridized carbons (Fsp3) is 0.500. The van der Waals surface area contributed by atoms with Crippen molar-refractivity contribution < 1.29 is 18.0 Å². The zero-order valence-corrected chi connectivity index (χ0v) is 17.1. The van der Waals surface area contributed by atoms with Crippen molar-refractivity contribution in [3.05, 3.63) is 34.6 Å². The molecule has 1 N–H and O–H groups in total. The predicted octanol–water partition coefficient (Wildman–Crippen LogP) is 5.53. The van der Waals surface area contributed by atoms with Crippen LogP contribution >= 0.6 is 23.4 Å². The molecule has 1 aromatic carbocycles. The SMILES string of the molecule is CC(Sc1nnc(C(C)C)n1C1CC1)C(=O)Nc1ccc(Cl)c(C(F)(F)F)c1. The second-order valence-electron chi connectivity index (χ2n) is 7.04. The fourth-order valence-corrected chi connectivity index (χ4v) is 3.87. The number of benzene rings is 1. The summed E-state index contributed by atoms with van der Waals surface area (Å²) in [5.41, 5.74) is -0.942. The van der Waals surface area contributed by atoms with Crippen LogP contribution < -0.4 is 5.32 Å². The van der Waals surface area contributed by atoms with Crippen LogP contribution in [0.25, 0.3) is 0 Å².